The molecule has 1 aliphatic rings. The highest BCUT2D eigenvalue weighted by molar-refractivity contribution is 6.53. The number of halogens is 2. The van der Waals surface area contributed by atoms with Gasteiger partial charge in [-0.25, -0.2) is 4.79 Å². The quantitative estimate of drug-likeness (QED) is 0.468. The molecule has 0 amide bonds. The van der Waals surface area contributed by atoms with Crippen molar-refractivity contribution in [1.82, 2.24) is 4.98 Å². The minimum absolute atomic E-state index is 0.164. The molecule has 1 fully saturated rings. The van der Waals surface area contributed by atoms with Gasteiger partial charge >= 0.3 is 11.9 Å². The van der Waals surface area contributed by atoms with E-state index in [9.17, 15) is 14.4 Å². The zero-order chi connectivity index (χ0) is 18.3. The molecule has 1 aromatic rings. The third-order valence-corrected chi connectivity index (χ3v) is 5.28. The Hall–Kier alpha value is -1.53. The van der Waals surface area contributed by atoms with Crippen LogP contribution in [-0.2, 0) is 14.3 Å². The number of aryl methyl sites for hydroxylation is 2. The Labute approximate surface area is 149 Å². The lowest BCUT2D eigenvalue weighted by Gasteiger charge is -2.12. The molecule has 0 aliphatic heterocycles. The van der Waals surface area contributed by atoms with E-state index < -0.39 is 34.1 Å². The fraction of sp³-hybridized carbons (Fsp3) is 0.562. The van der Waals surface area contributed by atoms with E-state index in [1.165, 1.54) is 0 Å². The van der Waals surface area contributed by atoms with Crippen molar-refractivity contribution in [2.24, 2.45) is 5.41 Å². The first-order valence-corrected chi connectivity index (χ1v) is 8.25. The number of carbonyl (C=O) groups is 3. The van der Waals surface area contributed by atoms with E-state index in [1.807, 2.05) is 0 Å². The Bertz CT molecular complexity index is 710. The summed E-state index contributed by atoms with van der Waals surface area (Å²) in [5.41, 5.74) is 0.358. The molecule has 0 aromatic carbocycles. The second kappa shape index (κ2) is 6.41. The number of carbonyl (C=O) groups excluding carboxylic acids is 3. The number of Topliss-reactive ketones (excluding diaryl/α,β-unsaturated/α-hetero) is 1. The van der Waals surface area contributed by atoms with Gasteiger partial charge in [0, 0.05) is 17.8 Å². The van der Waals surface area contributed by atoms with Crippen LogP contribution >= 0.6 is 23.2 Å². The summed E-state index contributed by atoms with van der Waals surface area (Å²) in [7, 11) is 0. The molecule has 0 unspecified atom stereocenters. The van der Waals surface area contributed by atoms with Crippen LogP contribution in [0.25, 0.3) is 0 Å². The number of hydrogen-bond acceptors (Lipinski definition) is 5. The molecular formula is C16H19Cl2NO5. The molecule has 1 N–H and O–H groups in total. The maximum Gasteiger partial charge on any atom is 0.340 e. The third-order valence-electron chi connectivity index (χ3n) is 4.18. The number of ether oxygens (including phenoxy) is 2. The first kappa shape index (κ1) is 18.8. The van der Waals surface area contributed by atoms with Crippen molar-refractivity contribution in [2.75, 3.05) is 13.2 Å². The smallest absolute Gasteiger partial charge is 0.340 e. The van der Waals surface area contributed by atoms with Crippen LogP contribution in [0.5, 0.6) is 0 Å². The number of aromatic nitrogens is 1. The molecule has 1 aromatic heterocycles. The van der Waals surface area contributed by atoms with Gasteiger partial charge in [0.15, 0.2) is 6.61 Å². The molecule has 8 heteroatoms. The number of nitrogens with one attached hydrogen (secondary N) is 1. The van der Waals surface area contributed by atoms with Gasteiger partial charge < -0.3 is 14.5 Å². The minimum atomic E-state index is -1.16. The van der Waals surface area contributed by atoms with E-state index in [2.05, 4.69) is 4.98 Å². The highest BCUT2D eigenvalue weighted by Crippen LogP contribution is 2.64. The summed E-state index contributed by atoms with van der Waals surface area (Å²) in [6.07, 6.45) is 0.270. The average Bonchev–Trinajstić information content (AvgIpc) is 2.84. The summed E-state index contributed by atoms with van der Waals surface area (Å²) in [6, 6.07) is 0. The van der Waals surface area contributed by atoms with Gasteiger partial charge in [-0.1, -0.05) is 0 Å². The monoisotopic (exact) mass is 375 g/mol. The van der Waals surface area contributed by atoms with Crippen molar-refractivity contribution in [3.63, 3.8) is 0 Å². The van der Waals surface area contributed by atoms with Crippen LogP contribution in [0.4, 0.5) is 0 Å². The summed E-state index contributed by atoms with van der Waals surface area (Å²) >= 11 is 11.8. The average molecular weight is 376 g/mol. The van der Waals surface area contributed by atoms with Crippen molar-refractivity contribution in [2.45, 2.75) is 38.4 Å². The van der Waals surface area contributed by atoms with E-state index in [-0.39, 0.29) is 24.2 Å². The lowest BCUT2D eigenvalue weighted by molar-refractivity contribution is -0.148. The zero-order valence-electron chi connectivity index (χ0n) is 13.9. The summed E-state index contributed by atoms with van der Waals surface area (Å²) in [6.45, 7) is 6.28. The van der Waals surface area contributed by atoms with Gasteiger partial charge in [0.05, 0.1) is 17.7 Å². The predicted octanol–water partition coefficient (Wildman–Crippen LogP) is 3.12. The Morgan fingerprint density at radius 1 is 1.12 bits per heavy atom. The van der Waals surface area contributed by atoms with E-state index >= 15 is 0 Å². The Balaban J connectivity index is 2.13. The van der Waals surface area contributed by atoms with E-state index in [0.29, 0.717) is 11.4 Å². The number of H-pyrrole nitrogens is 1. The molecule has 1 heterocycles. The second-order valence-corrected chi connectivity index (χ2v) is 7.54. The zero-order valence-corrected chi connectivity index (χ0v) is 15.4. The molecule has 2 rings (SSSR count). The van der Waals surface area contributed by atoms with Crippen LogP contribution in [0.3, 0.4) is 0 Å². The van der Waals surface area contributed by atoms with Crippen molar-refractivity contribution < 1.29 is 23.9 Å². The topological polar surface area (TPSA) is 85.5 Å². The third kappa shape index (κ3) is 3.17. The lowest BCUT2D eigenvalue weighted by Crippen LogP contribution is -2.25. The van der Waals surface area contributed by atoms with Gasteiger partial charge in [-0.15, -0.1) is 23.2 Å². The number of rotatable bonds is 6. The van der Waals surface area contributed by atoms with Gasteiger partial charge in [0.2, 0.25) is 5.78 Å². The van der Waals surface area contributed by atoms with Crippen LogP contribution in [-0.4, -0.2) is 40.3 Å². The second-order valence-electron chi connectivity index (χ2n) is 6.06. The van der Waals surface area contributed by atoms with Crippen molar-refractivity contribution in [3.8, 4) is 0 Å². The molecule has 1 saturated carbocycles. The standard InChI is InChI=1S/C16H19Cl2NO5/c1-5-23-13(21)12-9(3)19-8(2)11(12)10(20)6-24-14(22)15(4)7-16(15,17)18/h19H,5-7H2,1-4H3/t15-/m0/s1. The first-order chi connectivity index (χ1) is 11.0. The van der Waals surface area contributed by atoms with Gasteiger partial charge in [-0.2, -0.15) is 0 Å². The molecule has 132 valence electrons. The lowest BCUT2D eigenvalue weighted by atomic mass is 10.1. The first-order valence-electron chi connectivity index (χ1n) is 7.49. The molecule has 0 saturated heterocycles. The maximum atomic E-state index is 12.5. The maximum absolute atomic E-state index is 12.5. The van der Waals surface area contributed by atoms with Gasteiger partial charge in [0.1, 0.15) is 9.75 Å². The molecule has 24 heavy (non-hydrogen) atoms. The summed E-state index contributed by atoms with van der Waals surface area (Å²) in [5.74, 6) is -1.72. The number of alkyl halides is 2. The fourth-order valence-electron chi connectivity index (χ4n) is 2.57. The normalized spacial score (nSPS) is 21.2. The van der Waals surface area contributed by atoms with Crippen LogP contribution in [0.1, 0.15) is 52.4 Å². The largest absolute Gasteiger partial charge is 0.462 e. The van der Waals surface area contributed by atoms with Crippen molar-refractivity contribution in [3.05, 3.63) is 22.5 Å². The predicted molar refractivity (Wildman–Crippen MR) is 88.7 cm³/mol. The molecule has 0 bridgehead atoms. The Kier molecular flexibility index (Phi) is 5.02. The minimum Gasteiger partial charge on any atom is -0.462 e. The summed E-state index contributed by atoms with van der Waals surface area (Å²) in [5, 5.41) is 0. The number of esters is 2. The van der Waals surface area contributed by atoms with Crippen LogP contribution < -0.4 is 0 Å². The van der Waals surface area contributed by atoms with E-state index in [1.54, 1.807) is 27.7 Å². The van der Waals surface area contributed by atoms with Crippen LogP contribution in [0.15, 0.2) is 0 Å². The SMILES string of the molecule is CCOC(=O)c1c(C)[nH]c(C)c1C(=O)COC(=O)[C@]1(C)CC1(Cl)Cl. The molecular weight excluding hydrogens is 357 g/mol. The molecule has 1 aliphatic carbocycles. The molecule has 0 radical (unpaired) electrons. The van der Waals surface area contributed by atoms with Crippen molar-refractivity contribution in [1.29, 1.82) is 0 Å². The summed E-state index contributed by atoms with van der Waals surface area (Å²) < 4.78 is 8.87. The van der Waals surface area contributed by atoms with E-state index in [0.717, 1.165) is 0 Å². The highest BCUT2D eigenvalue weighted by atomic mass is 35.5. The molecule has 1 atom stereocenters. The van der Waals surface area contributed by atoms with Gasteiger partial charge in [-0.3, -0.25) is 9.59 Å². The Morgan fingerprint density at radius 2 is 1.67 bits per heavy atom. The van der Waals surface area contributed by atoms with Crippen molar-refractivity contribution >= 4 is 40.9 Å². The highest BCUT2D eigenvalue weighted by Gasteiger charge is 2.69. The van der Waals surface area contributed by atoms with Crippen LogP contribution in [0.2, 0.25) is 0 Å². The molecule has 0 spiro atoms. The van der Waals surface area contributed by atoms with Crippen LogP contribution in [0, 0.1) is 19.3 Å². The molecule has 6 nitrogen and oxygen atoms in total. The summed E-state index contributed by atoms with van der Waals surface area (Å²) in [4.78, 5) is 39.5. The van der Waals surface area contributed by atoms with E-state index in [4.69, 9.17) is 32.7 Å². The van der Waals surface area contributed by atoms with Gasteiger partial charge in [-0.05, 0) is 27.7 Å². The van der Waals surface area contributed by atoms with Gasteiger partial charge in [0.25, 0.3) is 0 Å². The number of hydrogen-bond donors (Lipinski definition) is 1. The number of ketones is 1. The number of aromatic amines is 1. The Morgan fingerprint density at radius 3 is 2.17 bits per heavy atom. The fourth-order valence-corrected chi connectivity index (χ4v) is 3.26.